The molecular weight excluding hydrogens is 334 g/mol. The second-order valence-corrected chi connectivity index (χ2v) is 6.75. The zero-order valence-corrected chi connectivity index (χ0v) is 14.5. The van der Waals surface area contributed by atoms with Crippen molar-refractivity contribution in [3.8, 4) is 21.1 Å². The summed E-state index contributed by atoms with van der Waals surface area (Å²) in [5, 5.41) is 1.63. The van der Waals surface area contributed by atoms with E-state index in [0.29, 0.717) is 5.69 Å². The van der Waals surface area contributed by atoms with Crippen LogP contribution >= 0.6 is 11.3 Å². The zero-order valence-electron chi connectivity index (χ0n) is 13.7. The van der Waals surface area contributed by atoms with Gasteiger partial charge >= 0.3 is 0 Å². The maximum atomic E-state index is 11.8. The summed E-state index contributed by atoms with van der Waals surface area (Å²) in [5.74, 6) is -0.535. The summed E-state index contributed by atoms with van der Waals surface area (Å²) in [7, 11) is 1.93. The number of carbonyl (C=O) groups is 1. The fourth-order valence-corrected chi connectivity index (χ4v) is 3.83. The Labute approximate surface area is 148 Å². The number of aryl methyl sites for hydroxylation is 2. The Morgan fingerprint density at radius 1 is 1.28 bits per heavy atom. The van der Waals surface area contributed by atoms with Gasteiger partial charge in [0, 0.05) is 36.6 Å². The van der Waals surface area contributed by atoms with Gasteiger partial charge in [-0.3, -0.25) is 9.78 Å². The van der Waals surface area contributed by atoms with E-state index >= 15 is 0 Å². The van der Waals surface area contributed by atoms with E-state index in [-0.39, 0.29) is 5.69 Å². The molecule has 0 fully saturated rings. The van der Waals surface area contributed by atoms with E-state index in [1.165, 1.54) is 11.3 Å². The van der Waals surface area contributed by atoms with Crippen molar-refractivity contribution in [3.05, 3.63) is 54.2 Å². The molecule has 0 radical (unpaired) electrons. The Balaban J connectivity index is 1.92. The number of pyridine rings is 2. The highest BCUT2D eigenvalue weighted by Crippen LogP contribution is 2.35. The highest BCUT2D eigenvalue weighted by atomic mass is 32.1. The zero-order chi connectivity index (χ0) is 17.6. The number of primary amides is 1. The monoisotopic (exact) mass is 349 g/mol. The first-order valence-corrected chi connectivity index (χ1v) is 8.50. The first-order valence-electron chi connectivity index (χ1n) is 7.68. The van der Waals surface area contributed by atoms with Gasteiger partial charge in [-0.05, 0) is 31.2 Å². The molecule has 2 N–H and O–H groups in total. The minimum atomic E-state index is -0.535. The number of amides is 1. The standard InChI is InChI=1S/C18H15N5OS/c1-10-16(25-18(21-10)11-4-3-6-20-9-11)13-8-14-12(5-7-23(14)2)15(22-13)17(19)24/h3-9H,1-2H3,(H2,19,24). The molecule has 0 aliphatic heterocycles. The van der Waals surface area contributed by atoms with E-state index in [9.17, 15) is 4.79 Å². The maximum absolute atomic E-state index is 11.8. The largest absolute Gasteiger partial charge is 0.364 e. The van der Waals surface area contributed by atoms with Crippen LogP contribution in [0.4, 0.5) is 0 Å². The van der Waals surface area contributed by atoms with Gasteiger partial charge in [-0.2, -0.15) is 0 Å². The van der Waals surface area contributed by atoms with Gasteiger partial charge in [0.25, 0.3) is 5.91 Å². The van der Waals surface area contributed by atoms with Gasteiger partial charge in [0.2, 0.25) is 0 Å². The van der Waals surface area contributed by atoms with Crippen molar-refractivity contribution in [2.24, 2.45) is 12.8 Å². The molecule has 0 aliphatic carbocycles. The van der Waals surface area contributed by atoms with Gasteiger partial charge in [-0.25, -0.2) is 9.97 Å². The summed E-state index contributed by atoms with van der Waals surface area (Å²) in [6.07, 6.45) is 5.41. The third-order valence-electron chi connectivity index (χ3n) is 4.05. The van der Waals surface area contributed by atoms with Crippen LogP contribution in [-0.4, -0.2) is 25.4 Å². The van der Waals surface area contributed by atoms with Crippen molar-refractivity contribution in [1.82, 2.24) is 19.5 Å². The number of nitrogens with two attached hydrogens (primary N) is 1. The molecule has 0 spiro atoms. The smallest absolute Gasteiger partial charge is 0.268 e. The summed E-state index contributed by atoms with van der Waals surface area (Å²) >= 11 is 1.53. The van der Waals surface area contributed by atoms with E-state index in [1.807, 2.05) is 49.0 Å². The van der Waals surface area contributed by atoms with Crippen molar-refractivity contribution >= 4 is 28.1 Å². The second kappa shape index (κ2) is 5.78. The average molecular weight is 349 g/mol. The van der Waals surface area contributed by atoms with Crippen molar-refractivity contribution in [3.63, 3.8) is 0 Å². The van der Waals surface area contributed by atoms with Crippen LogP contribution in [0.1, 0.15) is 16.2 Å². The predicted molar refractivity (Wildman–Crippen MR) is 98.3 cm³/mol. The number of hydrogen-bond acceptors (Lipinski definition) is 5. The summed E-state index contributed by atoms with van der Waals surface area (Å²) in [4.78, 5) is 26.1. The molecule has 4 aromatic heterocycles. The molecule has 0 saturated carbocycles. The highest BCUT2D eigenvalue weighted by molar-refractivity contribution is 7.18. The van der Waals surface area contributed by atoms with Gasteiger partial charge in [0.1, 0.15) is 10.7 Å². The molecule has 0 aromatic carbocycles. The summed E-state index contributed by atoms with van der Waals surface area (Å²) in [5.41, 5.74) is 9.25. The molecule has 4 heterocycles. The average Bonchev–Trinajstić information content (AvgIpc) is 3.18. The lowest BCUT2D eigenvalue weighted by molar-refractivity contribution is 0.0997. The molecule has 7 heteroatoms. The van der Waals surface area contributed by atoms with E-state index in [4.69, 9.17) is 5.73 Å². The first kappa shape index (κ1) is 15.5. The van der Waals surface area contributed by atoms with Crippen LogP contribution in [0, 0.1) is 6.92 Å². The Bertz CT molecular complexity index is 1100. The molecule has 0 unspecified atom stereocenters. The molecule has 0 aliphatic rings. The highest BCUT2D eigenvalue weighted by Gasteiger charge is 2.18. The summed E-state index contributed by atoms with van der Waals surface area (Å²) in [6.45, 7) is 1.94. The first-order chi connectivity index (χ1) is 12.0. The maximum Gasteiger partial charge on any atom is 0.268 e. The Morgan fingerprint density at radius 3 is 2.84 bits per heavy atom. The molecule has 0 saturated heterocycles. The Kier molecular flexibility index (Phi) is 3.58. The minimum absolute atomic E-state index is 0.281. The molecule has 0 atom stereocenters. The van der Waals surface area contributed by atoms with Crippen molar-refractivity contribution in [2.75, 3.05) is 0 Å². The SMILES string of the molecule is Cc1nc(-c2cccnc2)sc1-c1cc2c(ccn2C)c(C(N)=O)n1. The van der Waals surface area contributed by atoms with Gasteiger partial charge in [-0.1, -0.05) is 0 Å². The van der Waals surface area contributed by atoms with E-state index < -0.39 is 5.91 Å². The molecule has 25 heavy (non-hydrogen) atoms. The third-order valence-corrected chi connectivity index (χ3v) is 5.28. The van der Waals surface area contributed by atoms with Crippen LogP contribution in [0.15, 0.2) is 42.9 Å². The fraction of sp³-hybridized carbons (Fsp3) is 0.111. The van der Waals surface area contributed by atoms with Crippen LogP contribution in [0.25, 0.3) is 32.0 Å². The molecule has 4 aromatic rings. The van der Waals surface area contributed by atoms with Crippen LogP contribution in [0.3, 0.4) is 0 Å². The number of thiazole rings is 1. The molecular formula is C18H15N5OS. The molecule has 0 bridgehead atoms. The van der Waals surface area contributed by atoms with Crippen molar-refractivity contribution in [2.45, 2.75) is 6.92 Å². The fourth-order valence-electron chi connectivity index (χ4n) is 2.82. The van der Waals surface area contributed by atoms with Crippen LogP contribution in [-0.2, 0) is 7.05 Å². The molecule has 6 nitrogen and oxygen atoms in total. The normalized spacial score (nSPS) is 11.1. The molecule has 1 amide bonds. The minimum Gasteiger partial charge on any atom is -0.364 e. The van der Waals surface area contributed by atoms with Crippen LogP contribution in [0.5, 0.6) is 0 Å². The third kappa shape index (κ3) is 2.58. The van der Waals surface area contributed by atoms with Gasteiger partial charge in [0.15, 0.2) is 0 Å². The van der Waals surface area contributed by atoms with Crippen LogP contribution in [0.2, 0.25) is 0 Å². The van der Waals surface area contributed by atoms with Crippen LogP contribution < -0.4 is 5.73 Å². The number of hydrogen-bond donors (Lipinski definition) is 1. The lowest BCUT2D eigenvalue weighted by Crippen LogP contribution is -2.14. The lowest BCUT2D eigenvalue weighted by atomic mass is 10.1. The number of carbonyl (C=O) groups excluding carboxylic acids is 1. The number of rotatable bonds is 3. The number of fused-ring (bicyclic) bond motifs is 1. The Hall–Kier alpha value is -3.06. The van der Waals surface area contributed by atoms with Crippen molar-refractivity contribution < 1.29 is 4.79 Å². The predicted octanol–water partition coefficient (Wildman–Crippen LogP) is 3.17. The van der Waals surface area contributed by atoms with Gasteiger partial charge < -0.3 is 10.3 Å². The van der Waals surface area contributed by atoms with E-state index in [1.54, 1.807) is 12.4 Å². The molecule has 4 rings (SSSR count). The number of aromatic nitrogens is 4. The lowest BCUT2D eigenvalue weighted by Gasteiger charge is -2.05. The summed E-state index contributed by atoms with van der Waals surface area (Å²) < 4.78 is 1.95. The second-order valence-electron chi connectivity index (χ2n) is 5.76. The Morgan fingerprint density at radius 2 is 2.12 bits per heavy atom. The number of nitrogens with zero attached hydrogens (tertiary/aromatic N) is 4. The van der Waals surface area contributed by atoms with Crippen molar-refractivity contribution in [1.29, 1.82) is 0 Å². The molecule has 124 valence electrons. The van der Waals surface area contributed by atoms with E-state index in [0.717, 1.165) is 32.0 Å². The van der Waals surface area contributed by atoms with Gasteiger partial charge in [-0.15, -0.1) is 11.3 Å². The van der Waals surface area contributed by atoms with E-state index in [2.05, 4.69) is 15.0 Å². The quantitative estimate of drug-likeness (QED) is 0.615. The van der Waals surface area contributed by atoms with Gasteiger partial charge in [0.05, 0.1) is 21.8 Å². The summed E-state index contributed by atoms with van der Waals surface area (Å²) in [6, 6.07) is 7.67. The topological polar surface area (TPSA) is 86.7 Å².